The number of hydrogen-bond acceptors (Lipinski definition) is 0. The second-order valence-electron chi connectivity index (χ2n) is 4.06. The van der Waals surface area contributed by atoms with Crippen LogP contribution in [0.2, 0.25) is 0 Å². The third-order valence-corrected chi connectivity index (χ3v) is 2.60. The van der Waals surface area contributed by atoms with Crippen LogP contribution in [0.1, 0.15) is 30.9 Å². The molecule has 0 spiro atoms. The third-order valence-electron chi connectivity index (χ3n) is 2.60. The van der Waals surface area contributed by atoms with Crippen LogP contribution in [0, 0.1) is 6.92 Å². The molecule has 0 aliphatic carbocycles. The Balaban J connectivity index is 0.000000576. The molecule has 2 rings (SSSR count). The minimum absolute atomic E-state index is 0. The van der Waals surface area contributed by atoms with Crippen molar-refractivity contribution in [1.82, 2.24) is 0 Å². The number of rotatable bonds is 3. The summed E-state index contributed by atoms with van der Waals surface area (Å²) in [6, 6.07) is 20.5. The molecule has 0 aromatic heterocycles. The first-order valence-corrected chi connectivity index (χ1v) is 6.38. The Morgan fingerprint density at radius 2 is 1.21 bits per heavy atom. The van der Waals surface area contributed by atoms with Crippen molar-refractivity contribution < 1.29 is 18.9 Å². The largest absolute Gasteiger partial charge is 1.00 e. The van der Waals surface area contributed by atoms with E-state index in [0.29, 0.717) is 0 Å². The Labute approximate surface area is 129 Å². The average molecular weight is 244 g/mol. The molecule has 0 amide bonds. The van der Waals surface area contributed by atoms with Crippen LogP contribution in [0.4, 0.5) is 0 Å². The van der Waals surface area contributed by atoms with Crippen LogP contribution in [0.15, 0.2) is 67.2 Å². The molecule has 0 radical (unpaired) electrons. The second kappa shape index (κ2) is 10.7. The maximum atomic E-state index is 4.10. The predicted molar refractivity (Wildman–Crippen MR) is 81.3 cm³/mol. The Hall–Kier alpha value is -1.22. The number of benzene rings is 2. The minimum atomic E-state index is 0. The van der Waals surface area contributed by atoms with Gasteiger partial charge >= 0.3 is 18.9 Å². The minimum Gasteiger partial charge on any atom is -0.343 e. The van der Waals surface area contributed by atoms with Gasteiger partial charge in [-0.1, -0.05) is 80.6 Å². The van der Waals surface area contributed by atoms with Gasteiger partial charge in [0.2, 0.25) is 0 Å². The summed E-state index contributed by atoms with van der Waals surface area (Å²) in [7, 11) is 0. The molecular weight excluding hydrogens is 223 g/mol. The summed E-state index contributed by atoms with van der Waals surface area (Å²) in [5.41, 5.74) is 3.43. The van der Waals surface area contributed by atoms with Crippen molar-refractivity contribution in [1.29, 1.82) is 0 Å². The third kappa shape index (κ3) is 6.48. The van der Waals surface area contributed by atoms with Crippen LogP contribution >= 0.6 is 0 Å². The first-order valence-electron chi connectivity index (χ1n) is 6.38. The topological polar surface area (TPSA) is 0 Å². The van der Waals surface area contributed by atoms with E-state index in [0.717, 1.165) is 12.0 Å². The molecule has 0 unspecified atom stereocenters. The Morgan fingerprint density at radius 1 is 0.895 bits per heavy atom. The van der Waals surface area contributed by atoms with Crippen LogP contribution in [0.3, 0.4) is 0 Å². The normalized spacial score (nSPS) is 8.74. The Bertz CT molecular complexity index is 402. The van der Waals surface area contributed by atoms with Gasteiger partial charge in [0.05, 0.1) is 0 Å². The molecule has 0 bridgehead atoms. The fourth-order valence-electron chi connectivity index (χ4n) is 1.45. The maximum absolute atomic E-state index is 4.10. The Morgan fingerprint density at radius 3 is 1.47 bits per heavy atom. The van der Waals surface area contributed by atoms with Gasteiger partial charge < -0.3 is 6.92 Å². The first-order chi connectivity index (χ1) is 8.79. The fraction of sp³-hybridized carbons (Fsp3) is 0.167. The SMILES string of the molecule is C=C(c1ccccc1)c1ccccc1.[CH2-]CCC.[Li+]. The van der Waals surface area contributed by atoms with Crippen molar-refractivity contribution in [3.63, 3.8) is 0 Å². The molecule has 0 heterocycles. The molecular formula is C18H21Li. The molecule has 0 fully saturated rings. The van der Waals surface area contributed by atoms with E-state index in [4.69, 9.17) is 0 Å². The van der Waals surface area contributed by atoms with Gasteiger partial charge in [-0.05, 0) is 16.7 Å². The van der Waals surface area contributed by atoms with Gasteiger partial charge in [0.25, 0.3) is 0 Å². The molecule has 94 valence electrons. The summed E-state index contributed by atoms with van der Waals surface area (Å²) in [5, 5.41) is 0. The standard InChI is InChI=1S/C14H12.C4H9.Li/c1-12(13-8-4-2-5-9-13)14-10-6-3-7-11-14;1-3-4-2;/h2-11H,1H2;1,3-4H2,2H3;/q;-1;+1. The molecule has 19 heavy (non-hydrogen) atoms. The van der Waals surface area contributed by atoms with Gasteiger partial charge in [-0.3, -0.25) is 0 Å². The maximum Gasteiger partial charge on any atom is 1.00 e. The van der Waals surface area contributed by atoms with Crippen molar-refractivity contribution in [3.05, 3.63) is 85.3 Å². The first kappa shape index (κ1) is 17.8. The zero-order chi connectivity index (χ0) is 13.2. The molecule has 2 aromatic carbocycles. The average Bonchev–Trinajstić information content (AvgIpc) is 2.48. The van der Waals surface area contributed by atoms with Crippen molar-refractivity contribution in [2.45, 2.75) is 19.8 Å². The molecule has 0 aliphatic rings. The van der Waals surface area contributed by atoms with Gasteiger partial charge in [0.1, 0.15) is 0 Å². The van der Waals surface area contributed by atoms with E-state index in [1.165, 1.54) is 17.5 Å². The van der Waals surface area contributed by atoms with E-state index >= 15 is 0 Å². The summed E-state index contributed by atoms with van der Waals surface area (Å²) in [4.78, 5) is 0. The molecule has 0 saturated carbocycles. The smallest absolute Gasteiger partial charge is 0.343 e. The predicted octanol–water partition coefficient (Wildman–Crippen LogP) is 2.37. The fourth-order valence-corrected chi connectivity index (χ4v) is 1.45. The number of unbranched alkanes of at least 4 members (excludes halogenated alkanes) is 1. The van der Waals surface area contributed by atoms with Gasteiger partial charge in [0, 0.05) is 0 Å². The van der Waals surface area contributed by atoms with Crippen LogP contribution in [0.5, 0.6) is 0 Å². The Kier molecular flexibility index (Phi) is 9.99. The molecule has 0 saturated heterocycles. The van der Waals surface area contributed by atoms with Crippen LogP contribution in [-0.2, 0) is 0 Å². The van der Waals surface area contributed by atoms with E-state index in [-0.39, 0.29) is 18.9 Å². The molecule has 2 aromatic rings. The summed E-state index contributed by atoms with van der Waals surface area (Å²) >= 11 is 0. The molecule has 0 nitrogen and oxygen atoms in total. The molecule has 0 N–H and O–H groups in total. The van der Waals surface area contributed by atoms with E-state index in [1.807, 2.05) is 36.4 Å². The van der Waals surface area contributed by atoms with Crippen molar-refractivity contribution in [3.8, 4) is 0 Å². The van der Waals surface area contributed by atoms with Gasteiger partial charge in [-0.2, -0.15) is 6.42 Å². The summed E-state index contributed by atoms with van der Waals surface area (Å²) in [6.45, 7) is 9.82. The summed E-state index contributed by atoms with van der Waals surface area (Å²) < 4.78 is 0. The zero-order valence-corrected chi connectivity index (χ0v) is 12.1. The van der Waals surface area contributed by atoms with E-state index in [9.17, 15) is 0 Å². The van der Waals surface area contributed by atoms with E-state index < -0.39 is 0 Å². The van der Waals surface area contributed by atoms with Gasteiger partial charge in [0.15, 0.2) is 0 Å². The van der Waals surface area contributed by atoms with Crippen LogP contribution in [0.25, 0.3) is 5.57 Å². The monoisotopic (exact) mass is 244 g/mol. The van der Waals surface area contributed by atoms with Gasteiger partial charge in [-0.15, -0.1) is 0 Å². The quantitative estimate of drug-likeness (QED) is 0.574. The van der Waals surface area contributed by atoms with Crippen molar-refractivity contribution in [2.24, 2.45) is 0 Å². The van der Waals surface area contributed by atoms with Gasteiger partial charge in [-0.25, -0.2) is 0 Å². The summed E-state index contributed by atoms with van der Waals surface area (Å²) in [6.07, 6.45) is 2.28. The van der Waals surface area contributed by atoms with E-state index in [1.54, 1.807) is 0 Å². The van der Waals surface area contributed by atoms with Crippen LogP contribution < -0.4 is 18.9 Å². The van der Waals surface area contributed by atoms with Crippen molar-refractivity contribution in [2.75, 3.05) is 0 Å². The second-order valence-corrected chi connectivity index (χ2v) is 4.06. The van der Waals surface area contributed by atoms with E-state index in [2.05, 4.69) is 44.7 Å². The number of hydrogen-bond donors (Lipinski definition) is 0. The zero-order valence-electron chi connectivity index (χ0n) is 12.1. The molecule has 1 heteroatoms. The molecule has 0 atom stereocenters. The van der Waals surface area contributed by atoms with Crippen LogP contribution in [-0.4, -0.2) is 0 Å². The van der Waals surface area contributed by atoms with Crippen molar-refractivity contribution >= 4 is 5.57 Å². The summed E-state index contributed by atoms with van der Waals surface area (Å²) in [5.74, 6) is 0. The molecule has 0 aliphatic heterocycles.